The van der Waals surface area contributed by atoms with Crippen molar-refractivity contribution in [1.82, 2.24) is 15.3 Å². The minimum Gasteiger partial charge on any atom is -0.489 e. The summed E-state index contributed by atoms with van der Waals surface area (Å²) in [5.74, 6) is 2.16. The molecule has 1 N–H and O–H groups in total. The Balaban J connectivity index is 1.43. The van der Waals surface area contributed by atoms with Crippen LogP contribution in [-0.2, 0) is 6.54 Å². The van der Waals surface area contributed by atoms with E-state index in [0.717, 1.165) is 48.8 Å². The SMILES string of the molecule is C=Cc1cc2c(nc1N1CCC(Oc3ccc(OC)nc3)CC1)CNC2=O. The zero-order valence-electron chi connectivity index (χ0n) is 15.3. The monoisotopic (exact) mass is 366 g/mol. The van der Waals surface area contributed by atoms with Gasteiger partial charge in [0.25, 0.3) is 5.91 Å². The van der Waals surface area contributed by atoms with Crippen molar-refractivity contribution >= 4 is 17.8 Å². The van der Waals surface area contributed by atoms with Gasteiger partial charge in [-0.3, -0.25) is 4.79 Å². The van der Waals surface area contributed by atoms with Crippen LogP contribution in [-0.4, -0.2) is 42.2 Å². The van der Waals surface area contributed by atoms with Crippen LogP contribution in [0.15, 0.2) is 31.0 Å². The Labute approximate surface area is 158 Å². The minimum atomic E-state index is -0.0626. The maximum atomic E-state index is 11.8. The number of carbonyl (C=O) groups is 1. The van der Waals surface area contributed by atoms with E-state index in [4.69, 9.17) is 14.5 Å². The first-order chi connectivity index (χ1) is 13.2. The largest absolute Gasteiger partial charge is 0.489 e. The second kappa shape index (κ2) is 7.26. The van der Waals surface area contributed by atoms with Crippen LogP contribution in [0.1, 0.15) is 34.5 Å². The van der Waals surface area contributed by atoms with Crippen LogP contribution < -0.4 is 19.7 Å². The standard InChI is InChI=1S/C20H22N4O3/c1-3-13-10-16-17(12-22-20(16)25)23-19(13)24-8-6-14(7-9-24)27-15-4-5-18(26-2)21-11-15/h3-5,10-11,14H,1,6-9,12H2,2H3,(H,22,25). The van der Waals surface area contributed by atoms with E-state index in [1.807, 2.05) is 12.1 Å². The highest BCUT2D eigenvalue weighted by Crippen LogP contribution is 2.28. The summed E-state index contributed by atoms with van der Waals surface area (Å²) in [6.07, 6.45) is 5.37. The number of amides is 1. The highest BCUT2D eigenvalue weighted by atomic mass is 16.5. The number of pyridine rings is 2. The van der Waals surface area contributed by atoms with Gasteiger partial charge in [0, 0.05) is 37.6 Å². The molecule has 0 aliphatic carbocycles. The van der Waals surface area contributed by atoms with E-state index >= 15 is 0 Å². The molecule has 0 bridgehead atoms. The summed E-state index contributed by atoms with van der Waals surface area (Å²) < 4.78 is 11.1. The quantitative estimate of drug-likeness (QED) is 0.876. The second-order valence-electron chi connectivity index (χ2n) is 6.62. The number of nitrogens with zero attached hydrogens (tertiary/aromatic N) is 3. The summed E-state index contributed by atoms with van der Waals surface area (Å²) in [6, 6.07) is 5.56. The van der Waals surface area contributed by atoms with Gasteiger partial charge in [0.15, 0.2) is 0 Å². The predicted octanol–water partition coefficient (Wildman–Crippen LogP) is 2.42. The first kappa shape index (κ1) is 17.3. The van der Waals surface area contributed by atoms with Gasteiger partial charge in [0.2, 0.25) is 5.88 Å². The number of anilines is 1. The number of piperidine rings is 1. The number of fused-ring (bicyclic) bond motifs is 1. The maximum absolute atomic E-state index is 11.8. The van der Waals surface area contributed by atoms with Gasteiger partial charge in [0.1, 0.15) is 17.7 Å². The molecule has 27 heavy (non-hydrogen) atoms. The van der Waals surface area contributed by atoms with Crippen LogP contribution in [0.2, 0.25) is 0 Å². The van der Waals surface area contributed by atoms with E-state index in [9.17, 15) is 4.79 Å². The molecule has 0 unspecified atom stereocenters. The Morgan fingerprint density at radius 2 is 2.15 bits per heavy atom. The maximum Gasteiger partial charge on any atom is 0.253 e. The van der Waals surface area contributed by atoms with Crippen molar-refractivity contribution in [3.8, 4) is 11.6 Å². The molecule has 1 amide bonds. The first-order valence-corrected chi connectivity index (χ1v) is 9.04. The number of nitrogens with one attached hydrogen (secondary N) is 1. The summed E-state index contributed by atoms with van der Waals surface area (Å²) in [5, 5.41) is 2.82. The van der Waals surface area contributed by atoms with Gasteiger partial charge in [-0.25, -0.2) is 9.97 Å². The summed E-state index contributed by atoms with van der Waals surface area (Å²) >= 11 is 0. The van der Waals surface area contributed by atoms with Gasteiger partial charge in [-0.05, 0) is 12.1 Å². The summed E-state index contributed by atoms with van der Waals surface area (Å²) in [7, 11) is 1.59. The van der Waals surface area contributed by atoms with Gasteiger partial charge < -0.3 is 19.7 Å². The van der Waals surface area contributed by atoms with Crippen molar-refractivity contribution in [2.75, 3.05) is 25.1 Å². The zero-order valence-corrected chi connectivity index (χ0v) is 15.3. The third-order valence-corrected chi connectivity index (χ3v) is 4.95. The fourth-order valence-electron chi connectivity index (χ4n) is 3.49. The highest BCUT2D eigenvalue weighted by Gasteiger charge is 2.27. The van der Waals surface area contributed by atoms with Gasteiger partial charge in [0.05, 0.1) is 31.1 Å². The van der Waals surface area contributed by atoms with Crippen LogP contribution in [0, 0.1) is 0 Å². The van der Waals surface area contributed by atoms with Crippen molar-refractivity contribution in [3.05, 3.63) is 47.8 Å². The molecule has 140 valence electrons. The number of hydrogen-bond acceptors (Lipinski definition) is 6. The molecule has 0 spiro atoms. The third-order valence-electron chi connectivity index (χ3n) is 4.95. The smallest absolute Gasteiger partial charge is 0.253 e. The molecular formula is C20H22N4O3. The Morgan fingerprint density at radius 3 is 2.81 bits per heavy atom. The molecule has 7 nitrogen and oxygen atoms in total. The van der Waals surface area contributed by atoms with E-state index < -0.39 is 0 Å². The molecule has 1 saturated heterocycles. The van der Waals surface area contributed by atoms with Gasteiger partial charge in [-0.15, -0.1) is 0 Å². The fourth-order valence-corrected chi connectivity index (χ4v) is 3.49. The van der Waals surface area contributed by atoms with Crippen LogP contribution in [0.5, 0.6) is 11.6 Å². The first-order valence-electron chi connectivity index (χ1n) is 9.04. The van der Waals surface area contributed by atoms with E-state index in [-0.39, 0.29) is 12.0 Å². The molecule has 2 aliphatic heterocycles. The average Bonchev–Trinajstić information content (AvgIpc) is 3.08. The molecular weight excluding hydrogens is 344 g/mol. The molecule has 2 aromatic heterocycles. The number of methoxy groups -OCH3 is 1. The molecule has 0 atom stereocenters. The average molecular weight is 366 g/mol. The van der Waals surface area contributed by atoms with E-state index in [0.29, 0.717) is 18.0 Å². The fraction of sp³-hybridized carbons (Fsp3) is 0.350. The lowest BCUT2D eigenvalue weighted by Gasteiger charge is -2.33. The lowest BCUT2D eigenvalue weighted by Crippen LogP contribution is -2.39. The molecule has 7 heteroatoms. The van der Waals surface area contributed by atoms with Crippen molar-refractivity contribution in [2.45, 2.75) is 25.5 Å². The molecule has 0 saturated carbocycles. The van der Waals surface area contributed by atoms with Gasteiger partial charge >= 0.3 is 0 Å². The minimum absolute atomic E-state index is 0.0626. The predicted molar refractivity (Wildman–Crippen MR) is 102 cm³/mol. The molecule has 1 fully saturated rings. The molecule has 2 aliphatic rings. The molecule has 2 aromatic rings. The summed E-state index contributed by atoms with van der Waals surface area (Å²) in [6.45, 7) is 6.04. The molecule has 4 rings (SSSR count). The number of rotatable bonds is 5. The zero-order chi connectivity index (χ0) is 18.8. The van der Waals surface area contributed by atoms with E-state index in [1.165, 1.54) is 0 Å². The second-order valence-corrected chi connectivity index (χ2v) is 6.62. The summed E-state index contributed by atoms with van der Waals surface area (Å²) in [4.78, 5) is 23.0. The molecule has 0 radical (unpaired) electrons. The van der Waals surface area contributed by atoms with E-state index in [2.05, 4.69) is 21.8 Å². The van der Waals surface area contributed by atoms with Gasteiger partial charge in [-0.1, -0.05) is 12.7 Å². The van der Waals surface area contributed by atoms with Crippen molar-refractivity contribution in [1.29, 1.82) is 0 Å². The van der Waals surface area contributed by atoms with E-state index in [1.54, 1.807) is 25.4 Å². The number of hydrogen-bond donors (Lipinski definition) is 1. The third kappa shape index (κ3) is 3.45. The topological polar surface area (TPSA) is 76.6 Å². The normalized spacial score (nSPS) is 16.6. The molecule has 4 heterocycles. The Morgan fingerprint density at radius 1 is 1.33 bits per heavy atom. The molecule has 0 aromatic carbocycles. The Kier molecular flexibility index (Phi) is 4.66. The van der Waals surface area contributed by atoms with Crippen molar-refractivity contribution < 1.29 is 14.3 Å². The lowest BCUT2D eigenvalue weighted by atomic mass is 10.1. The number of ether oxygens (including phenoxy) is 2. The van der Waals surface area contributed by atoms with Gasteiger partial charge in [-0.2, -0.15) is 0 Å². The lowest BCUT2D eigenvalue weighted by molar-refractivity contribution is 0.0965. The van der Waals surface area contributed by atoms with Crippen LogP contribution >= 0.6 is 0 Å². The van der Waals surface area contributed by atoms with Crippen molar-refractivity contribution in [3.63, 3.8) is 0 Å². The van der Waals surface area contributed by atoms with Crippen LogP contribution in [0.3, 0.4) is 0 Å². The number of aromatic nitrogens is 2. The number of carbonyl (C=O) groups excluding carboxylic acids is 1. The van der Waals surface area contributed by atoms with Crippen molar-refractivity contribution in [2.24, 2.45) is 0 Å². The Bertz CT molecular complexity index is 858. The highest BCUT2D eigenvalue weighted by molar-refractivity contribution is 5.98. The Hall–Kier alpha value is -3.09. The van der Waals surface area contributed by atoms with Crippen LogP contribution in [0.4, 0.5) is 5.82 Å². The van der Waals surface area contributed by atoms with Crippen LogP contribution in [0.25, 0.3) is 6.08 Å². The summed E-state index contributed by atoms with van der Waals surface area (Å²) in [5.41, 5.74) is 2.35.